The van der Waals surface area contributed by atoms with Crippen LogP contribution in [0.1, 0.15) is 53.4 Å². The van der Waals surface area contributed by atoms with Crippen LogP contribution in [-0.2, 0) is 9.47 Å². The van der Waals surface area contributed by atoms with E-state index >= 15 is 0 Å². The molecule has 0 bridgehead atoms. The summed E-state index contributed by atoms with van der Waals surface area (Å²) < 4.78 is 10.6. The highest BCUT2D eigenvalue weighted by Crippen LogP contribution is 2.23. The summed E-state index contributed by atoms with van der Waals surface area (Å²) in [4.78, 5) is 14.2. The maximum Gasteiger partial charge on any atom is 0.410 e. The Kier molecular flexibility index (Phi) is 7.46. The van der Waals surface area contributed by atoms with Gasteiger partial charge in [0.2, 0.25) is 0 Å². The van der Waals surface area contributed by atoms with Crippen molar-refractivity contribution in [3.8, 4) is 0 Å². The minimum Gasteiger partial charge on any atom is -0.444 e. The third-order valence-corrected chi connectivity index (χ3v) is 3.68. The highest BCUT2D eigenvalue weighted by Gasteiger charge is 2.31. The van der Waals surface area contributed by atoms with Gasteiger partial charge in [0.1, 0.15) is 5.60 Å². The zero-order valence-electron chi connectivity index (χ0n) is 14.3. The third kappa shape index (κ3) is 7.14. The maximum absolute atomic E-state index is 12.3. The average Bonchev–Trinajstić information content (AvgIpc) is 2.37. The number of nitrogens with zero attached hydrogens (tertiary/aromatic N) is 1. The Labute approximate surface area is 129 Å². The molecule has 2 unspecified atom stereocenters. The first-order valence-corrected chi connectivity index (χ1v) is 8.05. The van der Waals surface area contributed by atoms with E-state index in [0.29, 0.717) is 12.6 Å². The average molecular weight is 300 g/mol. The maximum atomic E-state index is 12.3. The van der Waals surface area contributed by atoms with E-state index in [4.69, 9.17) is 9.47 Å². The monoisotopic (exact) mass is 300 g/mol. The van der Waals surface area contributed by atoms with Crippen molar-refractivity contribution in [2.75, 3.05) is 26.8 Å². The van der Waals surface area contributed by atoms with Gasteiger partial charge < -0.3 is 19.7 Å². The molecule has 0 aromatic heterocycles. The first-order valence-electron chi connectivity index (χ1n) is 8.05. The fourth-order valence-corrected chi connectivity index (χ4v) is 2.71. The minimum atomic E-state index is -0.429. The molecule has 5 nitrogen and oxygen atoms in total. The summed E-state index contributed by atoms with van der Waals surface area (Å²) in [5.74, 6) is 0. The molecule has 0 aromatic carbocycles. The van der Waals surface area contributed by atoms with Gasteiger partial charge in [0.15, 0.2) is 0 Å². The Balaban J connectivity index is 2.50. The summed E-state index contributed by atoms with van der Waals surface area (Å²) >= 11 is 0. The largest absolute Gasteiger partial charge is 0.444 e. The summed E-state index contributed by atoms with van der Waals surface area (Å²) in [5.41, 5.74) is -0.429. The molecule has 0 aliphatic carbocycles. The van der Waals surface area contributed by atoms with Crippen molar-refractivity contribution in [2.24, 2.45) is 0 Å². The van der Waals surface area contributed by atoms with Crippen LogP contribution < -0.4 is 5.32 Å². The molecule has 0 saturated carbocycles. The number of piperidine rings is 1. The SMILES string of the molecule is COCCNC(C)CC1CCCCN1C(=O)OC(C)(C)C. The number of hydrogen-bond acceptors (Lipinski definition) is 4. The lowest BCUT2D eigenvalue weighted by molar-refractivity contribution is 0.00784. The van der Waals surface area contributed by atoms with Crippen LogP contribution in [0.4, 0.5) is 4.79 Å². The number of rotatable bonds is 6. The van der Waals surface area contributed by atoms with E-state index in [1.807, 2.05) is 25.7 Å². The Morgan fingerprint density at radius 3 is 2.71 bits per heavy atom. The molecular weight excluding hydrogens is 268 g/mol. The van der Waals surface area contributed by atoms with Crippen LogP contribution in [0.5, 0.6) is 0 Å². The summed E-state index contributed by atoms with van der Waals surface area (Å²) in [6.45, 7) is 10.3. The second-order valence-electron chi connectivity index (χ2n) is 6.91. The molecule has 1 fully saturated rings. The molecule has 1 aliphatic rings. The molecule has 1 heterocycles. The molecule has 5 heteroatoms. The van der Waals surface area contributed by atoms with Gasteiger partial charge in [-0.25, -0.2) is 4.79 Å². The van der Waals surface area contributed by atoms with Gasteiger partial charge in [-0.15, -0.1) is 0 Å². The van der Waals surface area contributed by atoms with E-state index in [0.717, 1.165) is 32.4 Å². The molecule has 1 aliphatic heterocycles. The van der Waals surface area contributed by atoms with Crippen LogP contribution in [-0.4, -0.2) is 55.5 Å². The van der Waals surface area contributed by atoms with Crippen LogP contribution in [0.3, 0.4) is 0 Å². The van der Waals surface area contributed by atoms with Crippen LogP contribution in [0.25, 0.3) is 0 Å². The van der Waals surface area contributed by atoms with E-state index in [1.54, 1.807) is 7.11 Å². The minimum absolute atomic E-state index is 0.170. The zero-order valence-corrected chi connectivity index (χ0v) is 14.3. The van der Waals surface area contributed by atoms with Gasteiger partial charge in [0.05, 0.1) is 6.61 Å². The van der Waals surface area contributed by atoms with Crippen molar-refractivity contribution in [2.45, 2.75) is 71.1 Å². The number of ether oxygens (including phenoxy) is 2. The fraction of sp³-hybridized carbons (Fsp3) is 0.938. The fourth-order valence-electron chi connectivity index (χ4n) is 2.71. The highest BCUT2D eigenvalue weighted by molar-refractivity contribution is 5.68. The smallest absolute Gasteiger partial charge is 0.410 e. The highest BCUT2D eigenvalue weighted by atomic mass is 16.6. The Morgan fingerprint density at radius 1 is 1.38 bits per heavy atom. The van der Waals surface area contributed by atoms with E-state index in [9.17, 15) is 4.79 Å². The Morgan fingerprint density at radius 2 is 2.10 bits per heavy atom. The van der Waals surface area contributed by atoms with Crippen molar-refractivity contribution in [1.82, 2.24) is 10.2 Å². The van der Waals surface area contributed by atoms with Gasteiger partial charge >= 0.3 is 6.09 Å². The molecule has 124 valence electrons. The van der Waals surface area contributed by atoms with Crippen molar-refractivity contribution in [3.05, 3.63) is 0 Å². The van der Waals surface area contributed by atoms with E-state index in [1.165, 1.54) is 6.42 Å². The van der Waals surface area contributed by atoms with Crippen molar-refractivity contribution >= 4 is 6.09 Å². The standard InChI is InChI=1S/C16H32N2O3/c1-13(17-9-11-20-5)12-14-8-6-7-10-18(14)15(19)21-16(2,3)4/h13-14,17H,6-12H2,1-5H3. The lowest BCUT2D eigenvalue weighted by atomic mass is 9.97. The van der Waals surface area contributed by atoms with E-state index in [-0.39, 0.29) is 12.1 Å². The summed E-state index contributed by atoms with van der Waals surface area (Å²) in [6.07, 6.45) is 4.12. The molecule has 1 rings (SSSR count). The summed E-state index contributed by atoms with van der Waals surface area (Å²) in [7, 11) is 1.71. The molecule has 0 spiro atoms. The van der Waals surface area contributed by atoms with Crippen LogP contribution in [0.2, 0.25) is 0 Å². The lowest BCUT2D eigenvalue weighted by Crippen LogP contribution is -2.48. The predicted octanol–water partition coefficient (Wildman–Crippen LogP) is 2.79. The number of carbonyl (C=O) groups is 1. The summed E-state index contributed by atoms with van der Waals surface area (Å²) in [6, 6.07) is 0.645. The number of nitrogens with one attached hydrogen (secondary N) is 1. The number of amides is 1. The molecule has 1 N–H and O–H groups in total. The first-order chi connectivity index (χ1) is 9.83. The molecular formula is C16H32N2O3. The van der Waals surface area contributed by atoms with E-state index < -0.39 is 5.60 Å². The number of methoxy groups -OCH3 is 1. The van der Waals surface area contributed by atoms with Crippen molar-refractivity contribution in [1.29, 1.82) is 0 Å². The van der Waals surface area contributed by atoms with Gasteiger partial charge in [-0.3, -0.25) is 0 Å². The first kappa shape index (κ1) is 18.2. The van der Waals surface area contributed by atoms with Crippen molar-refractivity contribution in [3.63, 3.8) is 0 Å². The molecule has 1 amide bonds. The summed E-state index contributed by atoms with van der Waals surface area (Å²) in [5, 5.41) is 3.43. The Hall–Kier alpha value is -0.810. The zero-order chi connectivity index (χ0) is 15.9. The van der Waals surface area contributed by atoms with Gasteiger partial charge in [-0.1, -0.05) is 0 Å². The normalized spacial score (nSPS) is 21.2. The van der Waals surface area contributed by atoms with Crippen molar-refractivity contribution < 1.29 is 14.3 Å². The van der Waals surface area contributed by atoms with Gasteiger partial charge in [0, 0.05) is 32.3 Å². The van der Waals surface area contributed by atoms with Crippen LogP contribution in [0.15, 0.2) is 0 Å². The third-order valence-electron chi connectivity index (χ3n) is 3.68. The van der Waals surface area contributed by atoms with Crippen LogP contribution in [0, 0.1) is 0 Å². The lowest BCUT2D eigenvalue weighted by Gasteiger charge is -2.38. The predicted molar refractivity (Wildman–Crippen MR) is 84.5 cm³/mol. The number of hydrogen-bond donors (Lipinski definition) is 1. The van der Waals surface area contributed by atoms with Gasteiger partial charge in [-0.2, -0.15) is 0 Å². The van der Waals surface area contributed by atoms with E-state index in [2.05, 4.69) is 12.2 Å². The molecule has 1 saturated heterocycles. The molecule has 0 radical (unpaired) electrons. The number of likely N-dealkylation sites (tertiary alicyclic amines) is 1. The molecule has 2 atom stereocenters. The second-order valence-corrected chi connectivity index (χ2v) is 6.91. The molecule has 21 heavy (non-hydrogen) atoms. The topological polar surface area (TPSA) is 50.8 Å². The van der Waals surface area contributed by atoms with Gasteiger partial charge in [0.25, 0.3) is 0 Å². The quantitative estimate of drug-likeness (QED) is 0.766. The Bertz CT molecular complexity index is 315. The number of carbonyl (C=O) groups excluding carboxylic acids is 1. The second kappa shape index (κ2) is 8.59. The van der Waals surface area contributed by atoms with Crippen LogP contribution >= 0.6 is 0 Å². The van der Waals surface area contributed by atoms with Gasteiger partial charge in [-0.05, 0) is 53.4 Å². The molecule has 0 aromatic rings.